The first kappa shape index (κ1) is 41.0. The van der Waals surface area contributed by atoms with Gasteiger partial charge in [0, 0.05) is 20.4 Å². The zero-order chi connectivity index (χ0) is 36.0. The lowest BCUT2D eigenvalue weighted by Gasteiger charge is -2.36. The second kappa shape index (κ2) is 16.0. The summed E-state index contributed by atoms with van der Waals surface area (Å²) in [5, 5.41) is 23.1. The molecule has 0 aliphatic heterocycles. The Morgan fingerprint density at radius 2 is 1.70 bits per heavy atom. The molecule has 11 nitrogen and oxygen atoms in total. The number of ether oxygens (including phenoxy) is 2. The third kappa shape index (κ3) is 12.3. The maximum atomic E-state index is 13.7. The van der Waals surface area contributed by atoms with E-state index in [-0.39, 0.29) is 45.9 Å². The zero-order valence-corrected chi connectivity index (χ0v) is 33.7. The van der Waals surface area contributed by atoms with E-state index < -0.39 is 38.0 Å². The van der Waals surface area contributed by atoms with Gasteiger partial charge in [0.15, 0.2) is 12.5 Å². The van der Waals surface area contributed by atoms with Crippen molar-refractivity contribution >= 4 is 49.5 Å². The second-order valence-corrected chi connectivity index (χ2v) is 28.6. The molecule has 0 aliphatic rings. The fourth-order valence-corrected chi connectivity index (χ4v) is 8.10. The summed E-state index contributed by atoms with van der Waals surface area (Å²) in [6.45, 7) is 25.0. The Labute approximate surface area is 287 Å². The van der Waals surface area contributed by atoms with E-state index in [9.17, 15) is 23.6 Å². The standard InChI is InChI=1S/C32H54N4O7S2Si2/c1-22(2)25-18-23(19-33)17-24(13-14-41-21-42-15-16-46(8,9)10)27(25)35-30(37)36-45(39,40)28-26(34-29(44-28)32(6,7)38)20-43-47(11,12)31(3,4)5/h17-18,22,38H,13-16,20-21H2,1-12H3,(H2,35,36,37). The maximum Gasteiger partial charge on any atom is 0.333 e. The Balaban J connectivity index is 2.33. The van der Waals surface area contributed by atoms with E-state index in [1.54, 1.807) is 12.1 Å². The highest BCUT2D eigenvalue weighted by atomic mass is 32.2. The first-order valence-electron chi connectivity index (χ1n) is 15.8. The molecule has 2 aromatic rings. The highest BCUT2D eigenvalue weighted by Gasteiger charge is 2.38. The average Bonchev–Trinajstić information content (AvgIpc) is 3.36. The van der Waals surface area contributed by atoms with E-state index in [0.29, 0.717) is 35.4 Å². The van der Waals surface area contributed by atoms with Crippen molar-refractivity contribution in [3.05, 3.63) is 39.5 Å². The number of aromatic nitrogens is 1. The molecule has 1 aromatic heterocycles. The predicted molar refractivity (Wildman–Crippen MR) is 193 cm³/mol. The molecule has 0 bridgehead atoms. The van der Waals surface area contributed by atoms with Gasteiger partial charge in [-0.25, -0.2) is 22.9 Å². The van der Waals surface area contributed by atoms with Gasteiger partial charge in [0.2, 0.25) is 0 Å². The van der Waals surface area contributed by atoms with Crippen molar-refractivity contribution in [2.75, 3.05) is 25.3 Å². The number of sulfonamides is 1. The van der Waals surface area contributed by atoms with Crippen LogP contribution in [0.3, 0.4) is 0 Å². The predicted octanol–water partition coefficient (Wildman–Crippen LogP) is 7.27. The van der Waals surface area contributed by atoms with E-state index in [2.05, 4.69) is 61.5 Å². The van der Waals surface area contributed by atoms with Gasteiger partial charge in [-0.2, -0.15) is 5.26 Å². The van der Waals surface area contributed by atoms with Gasteiger partial charge in [-0.15, -0.1) is 11.3 Å². The summed E-state index contributed by atoms with van der Waals surface area (Å²) >= 11 is 0.798. The van der Waals surface area contributed by atoms with Crippen molar-refractivity contribution in [3.63, 3.8) is 0 Å². The van der Waals surface area contributed by atoms with E-state index in [1.807, 2.05) is 26.9 Å². The van der Waals surface area contributed by atoms with E-state index >= 15 is 0 Å². The van der Waals surface area contributed by atoms with Gasteiger partial charge < -0.3 is 24.3 Å². The molecule has 2 amide bonds. The van der Waals surface area contributed by atoms with Crippen LogP contribution in [0, 0.1) is 11.3 Å². The molecule has 3 N–H and O–H groups in total. The minimum absolute atomic E-state index is 0.0833. The first-order chi connectivity index (χ1) is 21.4. The maximum absolute atomic E-state index is 13.7. The Morgan fingerprint density at radius 1 is 1.09 bits per heavy atom. The number of nitrogens with one attached hydrogen (secondary N) is 2. The Kier molecular flexibility index (Phi) is 14.0. The molecule has 0 spiro atoms. The number of benzene rings is 1. The molecular formula is C32H54N4O7S2Si2. The van der Waals surface area contributed by atoms with Crippen LogP contribution in [0.2, 0.25) is 43.8 Å². The smallest absolute Gasteiger partial charge is 0.333 e. The summed E-state index contributed by atoms with van der Waals surface area (Å²) in [6.07, 6.45) is 0.355. The van der Waals surface area contributed by atoms with Crippen LogP contribution in [0.4, 0.5) is 10.5 Å². The van der Waals surface area contributed by atoms with E-state index in [1.165, 1.54) is 13.8 Å². The molecule has 1 aromatic carbocycles. The monoisotopic (exact) mass is 726 g/mol. The van der Waals surface area contributed by atoms with E-state index in [0.717, 1.165) is 17.4 Å². The topological polar surface area (TPSA) is 160 Å². The summed E-state index contributed by atoms with van der Waals surface area (Å²) in [4.78, 5) is 17.8. The van der Waals surface area contributed by atoms with Gasteiger partial charge in [-0.1, -0.05) is 54.3 Å². The van der Waals surface area contributed by atoms with Crippen LogP contribution in [-0.4, -0.2) is 60.9 Å². The number of carbonyl (C=O) groups is 1. The van der Waals surface area contributed by atoms with Crippen LogP contribution < -0.4 is 10.0 Å². The number of urea groups is 1. The molecular weight excluding hydrogens is 673 g/mol. The Bertz CT molecular complexity index is 1530. The number of amides is 2. The van der Waals surface area contributed by atoms with Crippen molar-refractivity contribution in [2.24, 2.45) is 0 Å². The summed E-state index contributed by atoms with van der Waals surface area (Å²) in [5.41, 5.74) is 0.874. The van der Waals surface area contributed by atoms with Crippen LogP contribution in [0.15, 0.2) is 16.3 Å². The molecule has 0 saturated carbocycles. The number of carbonyl (C=O) groups excluding carboxylic acids is 1. The lowest BCUT2D eigenvalue weighted by Crippen LogP contribution is -2.40. The Morgan fingerprint density at radius 3 is 2.23 bits per heavy atom. The molecule has 0 fully saturated rings. The van der Waals surface area contributed by atoms with Crippen molar-refractivity contribution in [1.29, 1.82) is 5.26 Å². The lowest BCUT2D eigenvalue weighted by atomic mass is 9.94. The van der Waals surface area contributed by atoms with Crippen LogP contribution in [0.5, 0.6) is 0 Å². The number of nitriles is 1. The largest absolute Gasteiger partial charge is 0.411 e. The second-order valence-electron chi connectivity index (χ2n) is 15.3. The van der Waals surface area contributed by atoms with Gasteiger partial charge in [-0.3, -0.25) is 0 Å². The molecule has 0 radical (unpaired) electrons. The van der Waals surface area contributed by atoms with Gasteiger partial charge in [0.1, 0.15) is 17.4 Å². The van der Waals surface area contributed by atoms with Crippen molar-refractivity contribution in [2.45, 2.75) is 121 Å². The van der Waals surface area contributed by atoms with Gasteiger partial charge >= 0.3 is 6.03 Å². The minimum atomic E-state index is -4.42. The van der Waals surface area contributed by atoms with Crippen LogP contribution >= 0.6 is 11.3 Å². The van der Waals surface area contributed by atoms with Crippen molar-refractivity contribution in [1.82, 2.24) is 9.71 Å². The highest BCUT2D eigenvalue weighted by Crippen LogP contribution is 2.38. The number of hydrogen-bond acceptors (Lipinski definition) is 10. The number of nitrogens with zero attached hydrogens (tertiary/aromatic N) is 2. The van der Waals surface area contributed by atoms with Gasteiger partial charge in [-0.05, 0) is 73.6 Å². The van der Waals surface area contributed by atoms with Crippen LogP contribution in [0.25, 0.3) is 0 Å². The third-order valence-electron chi connectivity index (χ3n) is 7.95. The SMILES string of the molecule is CC(C)c1cc(C#N)cc(CCOCOCC[Si](C)(C)C)c1NC(=O)NS(=O)(=O)c1sc(C(C)(C)O)nc1CO[Si](C)(C)C(C)(C)C. The molecule has 2 rings (SSSR count). The molecule has 264 valence electrons. The average molecular weight is 727 g/mol. The molecule has 1 heterocycles. The van der Waals surface area contributed by atoms with Gasteiger partial charge in [0.25, 0.3) is 10.0 Å². The number of thiazole rings is 1. The normalized spacial score (nSPS) is 13.1. The van der Waals surface area contributed by atoms with Crippen LogP contribution in [0.1, 0.15) is 81.8 Å². The zero-order valence-electron chi connectivity index (χ0n) is 30.1. The quantitative estimate of drug-likeness (QED) is 0.0919. The van der Waals surface area contributed by atoms with Crippen molar-refractivity contribution in [3.8, 4) is 6.07 Å². The van der Waals surface area contributed by atoms with Crippen molar-refractivity contribution < 1.29 is 32.2 Å². The molecule has 0 aliphatic carbocycles. The third-order valence-corrected chi connectivity index (χ3v) is 17.4. The number of hydrogen-bond donors (Lipinski definition) is 3. The summed E-state index contributed by atoms with van der Waals surface area (Å²) in [5.74, 6) is -0.0882. The number of rotatable bonds is 16. The van der Waals surface area contributed by atoms with Crippen LogP contribution in [-0.2, 0) is 42.6 Å². The summed E-state index contributed by atoms with van der Waals surface area (Å²) < 4.78 is 46.9. The summed E-state index contributed by atoms with van der Waals surface area (Å²) in [6, 6.07) is 5.58. The fraction of sp³-hybridized carbons (Fsp3) is 0.656. The lowest BCUT2D eigenvalue weighted by molar-refractivity contribution is -0.0483. The Hall–Kier alpha value is -2.17. The minimum Gasteiger partial charge on any atom is -0.411 e. The van der Waals surface area contributed by atoms with E-state index in [4.69, 9.17) is 13.9 Å². The fourth-order valence-electron chi connectivity index (χ4n) is 4.01. The first-order valence-corrected chi connectivity index (χ1v) is 24.7. The molecule has 0 atom stereocenters. The number of anilines is 1. The molecule has 47 heavy (non-hydrogen) atoms. The molecule has 0 saturated heterocycles. The highest BCUT2D eigenvalue weighted by molar-refractivity contribution is 7.92. The summed E-state index contributed by atoms with van der Waals surface area (Å²) in [7, 11) is -7.92. The molecule has 15 heteroatoms. The molecule has 0 unspecified atom stereocenters. The van der Waals surface area contributed by atoms with Gasteiger partial charge in [0.05, 0.1) is 30.5 Å². The number of aliphatic hydroxyl groups is 1.